The summed E-state index contributed by atoms with van der Waals surface area (Å²) in [4.78, 5) is 23.0. The molecule has 1 aromatic rings. The van der Waals surface area contributed by atoms with Crippen molar-refractivity contribution >= 4 is 18.0 Å². The lowest BCUT2D eigenvalue weighted by Gasteiger charge is -2.16. The summed E-state index contributed by atoms with van der Waals surface area (Å²) in [5.74, 6) is -0.455. The van der Waals surface area contributed by atoms with Crippen LogP contribution in [-0.4, -0.2) is 36.2 Å². The molecule has 0 unspecified atom stereocenters. The number of aliphatic carboxylic acids is 1. The zero-order valence-electron chi connectivity index (χ0n) is 14.5. The summed E-state index contributed by atoms with van der Waals surface area (Å²) in [6.07, 6.45) is 2.91. The third-order valence-corrected chi connectivity index (χ3v) is 3.23. The molecule has 0 aliphatic rings. The van der Waals surface area contributed by atoms with Gasteiger partial charge in [0.1, 0.15) is 6.04 Å². The first kappa shape index (κ1) is 19.5. The van der Waals surface area contributed by atoms with E-state index in [0.29, 0.717) is 24.7 Å². The largest absolute Gasteiger partial charge is 0.490 e. The first-order valence-corrected chi connectivity index (χ1v) is 8.00. The van der Waals surface area contributed by atoms with E-state index in [0.717, 1.165) is 5.56 Å². The van der Waals surface area contributed by atoms with Gasteiger partial charge in [0, 0.05) is 6.08 Å². The molecule has 0 aliphatic carbocycles. The predicted molar refractivity (Wildman–Crippen MR) is 92.2 cm³/mol. The molecule has 0 heterocycles. The van der Waals surface area contributed by atoms with E-state index in [1.165, 1.54) is 6.08 Å². The summed E-state index contributed by atoms with van der Waals surface area (Å²) in [6.45, 7) is 8.28. The van der Waals surface area contributed by atoms with Crippen molar-refractivity contribution in [3.05, 3.63) is 29.8 Å². The zero-order chi connectivity index (χ0) is 18.1. The molecule has 132 valence electrons. The number of nitrogens with one attached hydrogen (secondary N) is 1. The quantitative estimate of drug-likeness (QED) is 0.678. The fourth-order valence-corrected chi connectivity index (χ4v) is 2.06. The summed E-state index contributed by atoms with van der Waals surface area (Å²) in [5, 5.41) is 11.6. The number of amides is 1. The third kappa shape index (κ3) is 5.95. The van der Waals surface area contributed by atoms with Gasteiger partial charge in [-0.3, -0.25) is 4.79 Å². The predicted octanol–water partition coefficient (Wildman–Crippen LogP) is 2.72. The van der Waals surface area contributed by atoms with Crippen LogP contribution in [0.25, 0.3) is 6.08 Å². The summed E-state index contributed by atoms with van der Waals surface area (Å²) < 4.78 is 11.0. The number of benzene rings is 1. The van der Waals surface area contributed by atoms with Gasteiger partial charge in [-0.25, -0.2) is 4.79 Å². The molecule has 2 N–H and O–H groups in total. The van der Waals surface area contributed by atoms with Crippen LogP contribution in [0.3, 0.4) is 0 Å². The van der Waals surface area contributed by atoms with E-state index in [2.05, 4.69) is 5.32 Å². The number of carbonyl (C=O) groups is 2. The molecule has 0 fully saturated rings. The van der Waals surface area contributed by atoms with Crippen LogP contribution >= 0.6 is 0 Å². The Hall–Kier alpha value is -2.50. The van der Waals surface area contributed by atoms with Crippen molar-refractivity contribution in [3.63, 3.8) is 0 Å². The van der Waals surface area contributed by atoms with Gasteiger partial charge in [0.05, 0.1) is 13.2 Å². The number of carbonyl (C=O) groups excluding carboxylic acids is 1. The molecule has 6 nitrogen and oxygen atoms in total. The van der Waals surface area contributed by atoms with E-state index in [1.54, 1.807) is 38.1 Å². The summed E-state index contributed by atoms with van der Waals surface area (Å²) >= 11 is 0. The second kappa shape index (κ2) is 9.60. The van der Waals surface area contributed by atoms with Gasteiger partial charge < -0.3 is 19.9 Å². The van der Waals surface area contributed by atoms with E-state index in [-0.39, 0.29) is 5.92 Å². The van der Waals surface area contributed by atoms with E-state index in [1.807, 2.05) is 13.8 Å². The fraction of sp³-hybridized carbons (Fsp3) is 0.444. The van der Waals surface area contributed by atoms with Crippen molar-refractivity contribution in [2.24, 2.45) is 5.92 Å². The molecule has 0 spiro atoms. The van der Waals surface area contributed by atoms with Gasteiger partial charge in [0.2, 0.25) is 5.91 Å². The van der Waals surface area contributed by atoms with Crippen molar-refractivity contribution in [1.82, 2.24) is 5.32 Å². The van der Waals surface area contributed by atoms with Crippen LogP contribution in [0, 0.1) is 5.92 Å². The maximum Gasteiger partial charge on any atom is 0.326 e. The molecule has 0 saturated carbocycles. The monoisotopic (exact) mass is 335 g/mol. The molecule has 0 radical (unpaired) electrons. The number of carboxylic acid groups (broad SMARTS) is 1. The maximum absolute atomic E-state index is 11.9. The molecule has 0 aromatic heterocycles. The Kier molecular flexibility index (Phi) is 7.82. The van der Waals surface area contributed by atoms with Crippen molar-refractivity contribution in [1.29, 1.82) is 0 Å². The second-order valence-electron chi connectivity index (χ2n) is 5.47. The standard InChI is InChI=1S/C18H25NO5/c1-5-23-14-9-7-13(11-15(14)24-6-2)8-10-16(20)19-17(12(3)4)18(21)22/h7-12,17H,5-6H2,1-4H3,(H,19,20)(H,21,22)/b10-8+/t17-/m0/s1. The normalized spacial score (nSPS) is 12.2. The van der Waals surface area contributed by atoms with Gasteiger partial charge in [0.15, 0.2) is 11.5 Å². The highest BCUT2D eigenvalue weighted by molar-refractivity contribution is 5.94. The van der Waals surface area contributed by atoms with Gasteiger partial charge in [0.25, 0.3) is 0 Å². The third-order valence-electron chi connectivity index (χ3n) is 3.23. The van der Waals surface area contributed by atoms with Gasteiger partial charge in [-0.05, 0) is 43.5 Å². The maximum atomic E-state index is 11.9. The fourth-order valence-electron chi connectivity index (χ4n) is 2.06. The van der Waals surface area contributed by atoms with Crippen LogP contribution in [0.2, 0.25) is 0 Å². The Labute approximate surface area is 142 Å². The molecule has 0 saturated heterocycles. The smallest absolute Gasteiger partial charge is 0.326 e. The Morgan fingerprint density at radius 3 is 2.33 bits per heavy atom. The topological polar surface area (TPSA) is 84.9 Å². The SMILES string of the molecule is CCOc1ccc(/C=C/C(=O)N[C@H](C(=O)O)C(C)C)cc1OCC. The summed E-state index contributed by atoms with van der Waals surface area (Å²) in [6, 6.07) is 4.44. The molecule has 0 bridgehead atoms. The van der Waals surface area contributed by atoms with Crippen LogP contribution < -0.4 is 14.8 Å². The minimum absolute atomic E-state index is 0.199. The highest BCUT2D eigenvalue weighted by Gasteiger charge is 2.22. The first-order valence-electron chi connectivity index (χ1n) is 8.00. The number of hydrogen-bond acceptors (Lipinski definition) is 4. The molecule has 0 aliphatic heterocycles. The van der Waals surface area contributed by atoms with Gasteiger partial charge in [-0.15, -0.1) is 0 Å². The van der Waals surface area contributed by atoms with Crippen LogP contribution in [0.5, 0.6) is 11.5 Å². The number of ether oxygens (including phenoxy) is 2. The van der Waals surface area contributed by atoms with Crippen molar-refractivity contribution in [2.75, 3.05) is 13.2 Å². The molecule has 1 aromatic carbocycles. The van der Waals surface area contributed by atoms with Crippen LogP contribution in [0.4, 0.5) is 0 Å². The summed E-state index contributed by atoms with van der Waals surface area (Å²) in [7, 11) is 0. The van der Waals surface area contributed by atoms with Crippen LogP contribution in [-0.2, 0) is 9.59 Å². The van der Waals surface area contributed by atoms with E-state index in [4.69, 9.17) is 14.6 Å². The highest BCUT2D eigenvalue weighted by Crippen LogP contribution is 2.28. The minimum Gasteiger partial charge on any atom is -0.490 e. The molecule has 1 atom stereocenters. The Morgan fingerprint density at radius 1 is 1.17 bits per heavy atom. The van der Waals surface area contributed by atoms with Gasteiger partial charge in [-0.2, -0.15) is 0 Å². The second-order valence-corrected chi connectivity index (χ2v) is 5.47. The molecule has 6 heteroatoms. The first-order chi connectivity index (χ1) is 11.4. The van der Waals surface area contributed by atoms with Gasteiger partial charge in [-0.1, -0.05) is 19.9 Å². The zero-order valence-corrected chi connectivity index (χ0v) is 14.5. The lowest BCUT2D eigenvalue weighted by atomic mass is 10.0. The molecular weight excluding hydrogens is 310 g/mol. The molecule has 24 heavy (non-hydrogen) atoms. The number of carboxylic acids is 1. The molecular formula is C18H25NO5. The van der Waals surface area contributed by atoms with Crippen molar-refractivity contribution < 1.29 is 24.2 Å². The van der Waals surface area contributed by atoms with Crippen LogP contribution in [0.15, 0.2) is 24.3 Å². The number of hydrogen-bond donors (Lipinski definition) is 2. The van der Waals surface area contributed by atoms with Crippen LogP contribution in [0.1, 0.15) is 33.3 Å². The Balaban J connectivity index is 2.83. The van der Waals surface area contributed by atoms with E-state index < -0.39 is 17.9 Å². The van der Waals surface area contributed by atoms with E-state index in [9.17, 15) is 9.59 Å². The lowest BCUT2D eigenvalue weighted by Crippen LogP contribution is -2.43. The Morgan fingerprint density at radius 2 is 1.79 bits per heavy atom. The average molecular weight is 335 g/mol. The number of rotatable bonds is 9. The minimum atomic E-state index is -1.05. The van der Waals surface area contributed by atoms with E-state index >= 15 is 0 Å². The van der Waals surface area contributed by atoms with Gasteiger partial charge >= 0.3 is 5.97 Å². The Bertz CT molecular complexity index is 595. The highest BCUT2D eigenvalue weighted by atomic mass is 16.5. The lowest BCUT2D eigenvalue weighted by molar-refractivity contribution is -0.142. The molecule has 1 rings (SSSR count). The summed E-state index contributed by atoms with van der Waals surface area (Å²) in [5.41, 5.74) is 0.758. The molecule has 1 amide bonds. The van der Waals surface area contributed by atoms with Crippen molar-refractivity contribution in [3.8, 4) is 11.5 Å². The average Bonchev–Trinajstić information content (AvgIpc) is 2.52. The van der Waals surface area contributed by atoms with Crippen molar-refractivity contribution in [2.45, 2.75) is 33.7 Å².